The van der Waals surface area contributed by atoms with Gasteiger partial charge in [-0.3, -0.25) is 0 Å². The molecule has 7 rings (SSSR count). The van der Waals surface area contributed by atoms with Gasteiger partial charge in [-0.05, 0) is 79.0 Å². The van der Waals surface area contributed by atoms with Gasteiger partial charge in [0.15, 0.2) is 0 Å². The quantitative estimate of drug-likeness (QED) is 0.697. The van der Waals surface area contributed by atoms with E-state index < -0.39 is 9.84 Å². The first-order valence-electron chi connectivity index (χ1n) is 9.56. The van der Waals surface area contributed by atoms with Gasteiger partial charge in [-0.2, -0.15) is 0 Å². The number of fused-ring (bicyclic) bond motifs is 2. The van der Waals surface area contributed by atoms with Crippen LogP contribution in [-0.4, -0.2) is 8.42 Å². The van der Waals surface area contributed by atoms with Crippen LogP contribution < -0.4 is 0 Å². The SMILES string of the molecule is O=S1(=O)c2ccccc2C2(c3ccccc31)C1CC3CC(C1)CC2C3. The van der Waals surface area contributed by atoms with Crippen molar-refractivity contribution in [1.82, 2.24) is 0 Å². The van der Waals surface area contributed by atoms with Crippen molar-refractivity contribution in [3.63, 3.8) is 0 Å². The molecule has 2 aromatic carbocycles. The van der Waals surface area contributed by atoms with Gasteiger partial charge in [0.05, 0.1) is 9.79 Å². The molecule has 4 bridgehead atoms. The smallest absolute Gasteiger partial charge is 0.207 e. The largest absolute Gasteiger partial charge is 0.218 e. The second kappa shape index (κ2) is 4.56. The molecule has 4 fully saturated rings. The second-order valence-corrected chi connectivity index (χ2v) is 10.6. The summed E-state index contributed by atoms with van der Waals surface area (Å²) < 4.78 is 26.6. The number of rotatable bonds is 0. The van der Waals surface area contributed by atoms with Gasteiger partial charge in [-0.1, -0.05) is 36.4 Å². The van der Waals surface area contributed by atoms with Gasteiger partial charge >= 0.3 is 0 Å². The van der Waals surface area contributed by atoms with Crippen molar-refractivity contribution < 1.29 is 8.42 Å². The molecule has 0 aromatic heterocycles. The van der Waals surface area contributed by atoms with Gasteiger partial charge in [0.25, 0.3) is 0 Å². The Balaban J connectivity index is 1.74. The molecule has 2 nitrogen and oxygen atoms in total. The predicted octanol–water partition coefficient (Wildman–Crippen LogP) is 4.58. The van der Waals surface area contributed by atoms with E-state index in [0.717, 1.165) is 23.0 Å². The van der Waals surface area contributed by atoms with E-state index in [0.29, 0.717) is 21.6 Å². The third kappa shape index (κ3) is 1.60. The molecular weight excluding hydrogens is 328 g/mol. The lowest BCUT2D eigenvalue weighted by molar-refractivity contribution is -0.0446. The highest BCUT2D eigenvalue weighted by Gasteiger charge is 2.62. The Kier molecular flexibility index (Phi) is 2.65. The monoisotopic (exact) mass is 350 g/mol. The Morgan fingerprint density at radius 2 is 1.12 bits per heavy atom. The third-order valence-electron chi connectivity index (χ3n) is 7.67. The fraction of sp³-hybridized carbons (Fsp3) is 0.455. The Labute approximate surface area is 149 Å². The molecule has 4 aliphatic carbocycles. The summed E-state index contributed by atoms with van der Waals surface area (Å²) in [6.45, 7) is 0. The molecule has 1 spiro atoms. The average Bonchev–Trinajstić information content (AvgIpc) is 2.61. The minimum Gasteiger partial charge on any atom is -0.218 e. The minimum absolute atomic E-state index is 0.0775. The van der Waals surface area contributed by atoms with Crippen LogP contribution in [0.15, 0.2) is 58.3 Å². The maximum Gasteiger partial charge on any atom is 0.207 e. The summed E-state index contributed by atoms with van der Waals surface area (Å²) >= 11 is 0. The molecular formula is C22H22O2S. The van der Waals surface area contributed by atoms with Crippen LogP contribution in [0.4, 0.5) is 0 Å². The number of hydrogen-bond acceptors (Lipinski definition) is 2. The highest BCUT2D eigenvalue weighted by molar-refractivity contribution is 7.91. The van der Waals surface area contributed by atoms with Crippen LogP contribution in [0.1, 0.15) is 43.2 Å². The normalized spacial score (nSPS) is 35.4. The van der Waals surface area contributed by atoms with Gasteiger partial charge in [0.1, 0.15) is 0 Å². The molecule has 3 heteroatoms. The zero-order valence-corrected chi connectivity index (χ0v) is 15.0. The van der Waals surface area contributed by atoms with Crippen LogP contribution in [-0.2, 0) is 15.3 Å². The maximum atomic E-state index is 13.3. The molecule has 128 valence electrons. The average molecular weight is 350 g/mol. The van der Waals surface area contributed by atoms with E-state index in [4.69, 9.17) is 0 Å². The van der Waals surface area contributed by atoms with Gasteiger partial charge in [0, 0.05) is 5.41 Å². The topological polar surface area (TPSA) is 34.1 Å². The van der Waals surface area contributed by atoms with E-state index in [1.165, 1.54) is 32.1 Å². The number of hydrogen-bond donors (Lipinski definition) is 0. The summed E-state index contributed by atoms with van der Waals surface area (Å²) in [7, 11) is -3.41. The summed E-state index contributed by atoms with van der Waals surface area (Å²) in [5.74, 6) is 2.93. The van der Waals surface area contributed by atoms with Crippen LogP contribution in [0.5, 0.6) is 0 Å². The molecule has 0 unspecified atom stereocenters. The Bertz CT molecular complexity index is 905. The first-order chi connectivity index (χ1) is 12.1. The number of sulfone groups is 1. The van der Waals surface area contributed by atoms with Gasteiger partial charge in [-0.25, -0.2) is 8.42 Å². The van der Waals surface area contributed by atoms with Crippen molar-refractivity contribution in [3.05, 3.63) is 59.7 Å². The zero-order valence-electron chi connectivity index (χ0n) is 14.2. The lowest BCUT2D eigenvalue weighted by atomic mass is 9.42. The molecule has 4 saturated carbocycles. The molecule has 0 atom stereocenters. The van der Waals surface area contributed by atoms with Crippen molar-refractivity contribution >= 4 is 9.84 Å². The Morgan fingerprint density at radius 3 is 1.60 bits per heavy atom. The molecule has 1 aliphatic heterocycles. The molecule has 25 heavy (non-hydrogen) atoms. The first-order valence-corrected chi connectivity index (χ1v) is 11.0. The Hall–Kier alpha value is -1.61. The maximum absolute atomic E-state index is 13.3. The molecule has 0 amide bonds. The molecule has 2 aromatic rings. The summed E-state index contributed by atoms with van der Waals surface area (Å²) in [6, 6.07) is 15.8. The van der Waals surface area contributed by atoms with E-state index >= 15 is 0 Å². The van der Waals surface area contributed by atoms with E-state index in [1.54, 1.807) is 0 Å². The molecule has 0 radical (unpaired) electrons. The van der Waals surface area contributed by atoms with Gasteiger partial charge in [-0.15, -0.1) is 0 Å². The fourth-order valence-electron chi connectivity index (χ4n) is 7.16. The highest BCUT2D eigenvalue weighted by atomic mass is 32.2. The molecule has 1 heterocycles. The van der Waals surface area contributed by atoms with Gasteiger partial charge in [0.2, 0.25) is 9.84 Å². The van der Waals surface area contributed by atoms with E-state index in [9.17, 15) is 8.42 Å². The van der Waals surface area contributed by atoms with Gasteiger partial charge < -0.3 is 0 Å². The van der Waals surface area contributed by atoms with Crippen molar-refractivity contribution in [2.45, 2.75) is 47.3 Å². The van der Waals surface area contributed by atoms with Crippen molar-refractivity contribution in [3.8, 4) is 0 Å². The lowest BCUT2D eigenvalue weighted by Crippen LogP contribution is -2.57. The van der Waals surface area contributed by atoms with Crippen molar-refractivity contribution in [2.24, 2.45) is 23.7 Å². The van der Waals surface area contributed by atoms with Crippen LogP contribution in [0.3, 0.4) is 0 Å². The molecule has 0 saturated heterocycles. The number of benzene rings is 2. The molecule has 0 N–H and O–H groups in total. The van der Waals surface area contributed by atoms with Crippen LogP contribution in [0.2, 0.25) is 0 Å². The highest BCUT2D eigenvalue weighted by Crippen LogP contribution is 2.67. The van der Waals surface area contributed by atoms with Crippen molar-refractivity contribution in [1.29, 1.82) is 0 Å². The third-order valence-corrected chi connectivity index (χ3v) is 9.54. The van der Waals surface area contributed by atoms with Crippen LogP contribution in [0.25, 0.3) is 0 Å². The summed E-state index contributed by atoms with van der Waals surface area (Å²) in [5.41, 5.74) is 2.12. The van der Waals surface area contributed by atoms with E-state index in [1.807, 2.05) is 36.4 Å². The minimum atomic E-state index is -3.41. The standard InChI is InChI=1S/C22H22O2S/c23-25(24)20-7-3-1-5-18(20)22(19-6-2-4-8-21(19)25)16-10-14-9-15(12-16)13-17(22)11-14/h1-8,14-17H,9-13H2. The predicted molar refractivity (Wildman–Crippen MR) is 96.2 cm³/mol. The zero-order chi connectivity index (χ0) is 16.8. The first kappa shape index (κ1) is 14.5. The summed E-state index contributed by atoms with van der Waals surface area (Å²) in [5, 5.41) is 0. The summed E-state index contributed by atoms with van der Waals surface area (Å²) in [4.78, 5) is 1.14. The second-order valence-electron chi connectivity index (χ2n) is 8.67. The molecule has 5 aliphatic rings. The van der Waals surface area contributed by atoms with Crippen molar-refractivity contribution in [2.75, 3.05) is 0 Å². The van der Waals surface area contributed by atoms with E-state index in [-0.39, 0.29) is 5.41 Å². The van der Waals surface area contributed by atoms with Crippen LogP contribution in [0, 0.1) is 23.7 Å². The van der Waals surface area contributed by atoms with Crippen LogP contribution >= 0.6 is 0 Å². The summed E-state index contributed by atoms with van der Waals surface area (Å²) in [6.07, 6.45) is 6.50. The van der Waals surface area contributed by atoms with E-state index in [2.05, 4.69) is 12.1 Å². The Morgan fingerprint density at radius 1 is 0.680 bits per heavy atom. The lowest BCUT2D eigenvalue weighted by Gasteiger charge is -2.63. The fourth-order valence-corrected chi connectivity index (χ4v) is 8.96.